The Kier molecular flexibility index (Phi) is 7.90. The number of nitro groups is 1. The molecule has 0 radical (unpaired) electrons. The quantitative estimate of drug-likeness (QED) is 0.163. The topological polar surface area (TPSA) is 132 Å². The molecular weight excluding hydrogens is 440 g/mol. The third-order valence-electron chi connectivity index (χ3n) is 4.58. The van der Waals surface area contributed by atoms with E-state index in [9.17, 15) is 19.7 Å². The Morgan fingerprint density at radius 2 is 1.82 bits per heavy atom. The smallest absolute Gasteiger partial charge is 0.343 e. The van der Waals surface area contributed by atoms with Crippen LogP contribution in [-0.2, 0) is 4.79 Å². The van der Waals surface area contributed by atoms with Crippen LogP contribution in [0.25, 0.3) is 0 Å². The zero-order valence-electron chi connectivity index (χ0n) is 18.5. The molecule has 1 amide bonds. The van der Waals surface area contributed by atoms with Crippen molar-refractivity contribution in [3.63, 3.8) is 0 Å². The van der Waals surface area contributed by atoms with Crippen molar-refractivity contribution in [1.82, 2.24) is 5.43 Å². The number of ether oxygens (including phenoxy) is 2. The molecule has 0 saturated heterocycles. The van der Waals surface area contributed by atoms with Gasteiger partial charge in [0.15, 0.2) is 11.5 Å². The number of carbonyl (C=O) groups excluding carboxylic acids is 2. The second-order valence-electron chi connectivity index (χ2n) is 7.12. The number of non-ortho nitro benzene ring substituents is 1. The highest BCUT2D eigenvalue weighted by molar-refractivity contribution is 5.92. The minimum absolute atomic E-state index is 0.0572. The van der Waals surface area contributed by atoms with Crippen molar-refractivity contribution in [2.75, 3.05) is 19.0 Å². The van der Waals surface area contributed by atoms with Crippen molar-refractivity contribution < 1.29 is 24.0 Å². The first-order valence-electron chi connectivity index (χ1n) is 10.1. The minimum Gasteiger partial charge on any atom is -0.493 e. The number of methoxy groups -OCH3 is 1. The molecule has 0 saturated carbocycles. The zero-order chi connectivity index (χ0) is 24.5. The van der Waals surface area contributed by atoms with E-state index in [1.807, 2.05) is 31.2 Å². The number of nitro benzene ring substituents is 1. The van der Waals surface area contributed by atoms with Gasteiger partial charge in [0, 0.05) is 17.8 Å². The Morgan fingerprint density at radius 1 is 1.06 bits per heavy atom. The average molecular weight is 462 g/mol. The fraction of sp³-hybridized carbons (Fsp3) is 0.125. The Balaban J connectivity index is 1.57. The summed E-state index contributed by atoms with van der Waals surface area (Å²) in [7, 11) is 1.41. The summed E-state index contributed by atoms with van der Waals surface area (Å²) >= 11 is 0. The molecule has 0 aliphatic rings. The number of rotatable bonds is 9. The molecule has 0 aliphatic carbocycles. The van der Waals surface area contributed by atoms with Gasteiger partial charge in [0.2, 0.25) is 0 Å². The number of esters is 1. The first kappa shape index (κ1) is 23.9. The summed E-state index contributed by atoms with van der Waals surface area (Å²) < 4.78 is 10.6. The molecule has 0 aliphatic heterocycles. The fourth-order valence-corrected chi connectivity index (χ4v) is 2.88. The van der Waals surface area contributed by atoms with Crippen molar-refractivity contribution in [3.05, 3.63) is 93.5 Å². The van der Waals surface area contributed by atoms with Gasteiger partial charge >= 0.3 is 5.97 Å². The van der Waals surface area contributed by atoms with E-state index in [2.05, 4.69) is 15.8 Å². The lowest BCUT2D eigenvalue weighted by Gasteiger charge is -2.10. The predicted octanol–water partition coefficient (Wildman–Crippen LogP) is 3.69. The lowest BCUT2D eigenvalue weighted by atomic mass is 10.2. The first-order chi connectivity index (χ1) is 16.4. The van der Waals surface area contributed by atoms with Crippen molar-refractivity contribution in [2.45, 2.75) is 6.92 Å². The van der Waals surface area contributed by atoms with E-state index in [0.29, 0.717) is 5.56 Å². The number of anilines is 1. The van der Waals surface area contributed by atoms with Crippen LogP contribution in [0.5, 0.6) is 11.5 Å². The van der Waals surface area contributed by atoms with Gasteiger partial charge in [0.25, 0.3) is 11.6 Å². The number of hydrogen-bond acceptors (Lipinski definition) is 8. The summed E-state index contributed by atoms with van der Waals surface area (Å²) in [4.78, 5) is 34.5. The van der Waals surface area contributed by atoms with Gasteiger partial charge in [-0.25, -0.2) is 10.2 Å². The van der Waals surface area contributed by atoms with Crippen LogP contribution >= 0.6 is 0 Å². The Bertz CT molecular complexity index is 1220. The second kappa shape index (κ2) is 11.2. The van der Waals surface area contributed by atoms with E-state index in [1.54, 1.807) is 12.1 Å². The molecule has 10 heteroatoms. The highest BCUT2D eigenvalue weighted by Gasteiger charge is 2.14. The molecule has 0 aromatic heterocycles. The van der Waals surface area contributed by atoms with Crippen LogP contribution in [0.4, 0.5) is 11.4 Å². The molecule has 174 valence electrons. The van der Waals surface area contributed by atoms with Crippen LogP contribution in [0.1, 0.15) is 21.5 Å². The third-order valence-corrected chi connectivity index (χ3v) is 4.58. The maximum absolute atomic E-state index is 12.4. The summed E-state index contributed by atoms with van der Waals surface area (Å²) in [5.74, 6) is -0.581. The Labute approximate surface area is 195 Å². The monoisotopic (exact) mass is 462 g/mol. The number of carbonyl (C=O) groups is 2. The Hall–Kier alpha value is -4.73. The van der Waals surface area contributed by atoms with Crippen molar-refractivity contribution >= 4 is 29.5 Å². The van der Waals surface area contributed by atoms with Crippen LogP contribution in [0.2, 0.25) is 0 Å². The van der Waals surface area contributed by atoms with Gasteiger partial charge in [-0.15, -0.1) is 0 Å². The number of nitrogens with one attached hydrogen (secondary N) is 2. The molecule has 0 fully saturated rings. The van der Waals surface area contributed by atoms with E-state index in [1.165, 1.54) is 43.7 Å². The molecule has 0 atom stereocenters. The number of aryl methyl sites for hydroxylation is 1. The maximum atomic E-state index is 12.4. The summed E-state index contributed by atoms with van der Waals surface area (Å²) in [6.45, 7) is 2.02. The second-order valence-corrected chi connectivity index (χ2v) is 7.12. The molecule has 3 rings (SSSR count). The van der Waals surface area contributed by atoms with Crippen LogP contribution < -0.4 is 20.2 Å². The molecule has 0 spiro atoms. The first-order valence-corrected chi connectivity index (χ1v) is 10.1. The number of nitrogens with zero attached hydrogens (tertiary/aromatic N) is 2. The average Bonchev–Trinajstić information content (AvgIpc) is 2.83. The van der Waals surface area contributed by atoms with E-state index < -0.39 is 10.9 Å². The highest BCUT2D eigenvalue weighted by Crippen LogP contribution is 2.28. The minimum atomic E-state index is -0.692. The molecule has 10 nitrogen and oxygen atoms in total. The fourth-order valence-electron chi connectivity index (χ4n) is 2.88. The predicted molar refractivity (Wildman–Crippen MR) is 126 cm³/mol. The van der Waals surface area contributed by atoms with Gasteiger partial charge < -0.3 is 14.8 Å². The van der Waals surface area contributed by atoms with Crippen molar-refractivity contribution in [1.29, 1.82) is 0 Å². The van der Waals surface area contributed by atoms with Crippen molar-refractivity contribution in [3.8, 4) is 11.5 Å². The van der Waals surface area contributed by atoms with Gasteiger partial charge in [-0.1, -0.05) is 12.1 Å². The van der Waals surface area contributed by atoms with Gasteiger partial charge in [-0.2, -0.15) is 5.10 Å². The van der Waals surface area contributed by atoms with Crippen LogP contribution in [0.3, 0.4) is 0 Å². The summed E-state index contributed by atoms with van der Waals surface area (Å²) in [5.41, 5.74) is 4.97. The molecule has 0 bridgehead atoms. The van der Waals surface area contributed by atoms with E-state index in [-0.39, 0.29) is 35.2 Å². The number of benzene rings is 3. The summed E-state index contributed by atoms with van der Waals surface area (Å²) in [6.07, 6.45) is 1.43. The maximum Gasteiger partial charge on any atom is 0.343 e. The largest absolute Gasteiger partial charge is 0.493 e. The lowest BCUT2D eigenvalue weighted by Crippen LogP contribution is -2.25. The van der Waals surface area contributed by atoms with E-state index in [4.69, 9.17) is 9.47 Å². The lowest BCUT2D eigenvalue weighted by molar-refractivity contribution is -0.384. The SMILES string of the molecule is COc1cc(/C=N\NC(=O)CNc2cccc(C)c2)ccc1OC(=O)c1ccc([N+](=O)[O-])cc1. The highest BCUT2D eigenvalue weighted by atomic mass is 16.6. The normalized spacial score (nSPS) is 10.5. The number of amides is 1. The van der Waals surface area contributed by atoms with E-state index >= 15 is 0 Å². The Morgan fingerprint density at radius 3 is 2.50 bits per heavy atom. The van der Waals surface area contributed by atoms with Crippen LogP contribution in [-0.4, -0.2) is 36.7 Å². The molecule has 2 N–H and O–H groups in total. The molecule has 3 aromatic rings. The van der Waals surface area contributed by atoms with Gasteiger partial charge in [-0.3, -0.25) is 14.9 Å². The van der Waals surface area contributed by atoms with Crippen LogP contribution in [0.15, 0.2) is 71.8 Å². The molecule has 3 aromatic carbocycles. The summed E-state index contributed by atoms with van der Waals surface area (Å²) in [5, 5.41) is 17.7. The number of hydrogen-bond donors (Lipinski definition) is 2. The van der Waals surface area contributed by atoms with Gasteiger partial charge in [0.1, 0.15) is 0 Å². The standard InChI is InChI=1S/C24H22N4O6/c1-16-4-3-5-19(12-16)25-15-23(29)27-26-14-17-6-11-21(22(13-17)33-2)34-24(30)18-7-9-20(10-8-18)28(31)32/h3-14,25H,15H2,1-2H3,(H,27,29)/b26-14-. The van der Waals surface area contributed by atoms with E-state index in [0.717, 1.165) is 11.3 Å². The molecular formula is C24H22N4O6. The third kappa shape index (κ3) is 6.63. The number of hydrazone groups is 1. The molecule has 0 unspecified atom stereocenters. The van der Waals surface area contributed by atoms with Gasteiger partial charge in [0.05, 0.1) is 30.4 Å². The molecule has 34 heavy (non-hydrogen) atoms. The van der Waals surface area contributed by atoms with Gasteiger partial charge in [-0.05, 0) is 60.5 Å². The van der Waals surface area contributed by atoms with Crippen molar-refractivity contribution in [2.24, 2.45) is 5.10 Å². The molecule has 0 heterocycles. The van der Waals surface area contributed by atoms with Crippen LogP contribution in [0, 0.1) is 17.0 Å². The summed E-state index contributed by atoms with van der Waals surface area (Å²) in [6, 6.07) is 17.4. The zero-order valence-corrected chi connectivity index (χ0v) is 18.5.